The number of nitrogens with zero attached hydrogens (tertiary/aromatic N) is 3. The fourth-order valence-electron chi connectivity index (χ4n) is 3.34. The number of aromatic nitrogens is 1. The maximum atomic E-state index is 12.8. The molecule has 2 aromatic carbocycles. The van der Waals surface area contributed by atoms with Crippen LogP contribution in [0.2, 0.25) is 0 Å². The molecule has 1 heterocycles. The van der Waals surface area contributed by atoms with E-state index in [9.17, 15) is 18.0 Å². The fraction of sp³-hybridized carbons (Fsp3) is 0.261. The number of fused-ring (bicyclic) bond motifs is 1. The second-order valence-corrected chi connectivity index (χ2v) is 9.94. The molecule has 0 saturated carbocycles. The standard InChI is InChI=1S/C23H25N3O5S2/c1-5-14-26-19-13-10-17(22(28)31-4)15-20(19)32-23(26)24-21(27)16-8-11-18(12-9-16)33(29,30)25(6-2)7-3/h5,8-13,15H,1,6-7,14H2,2-4H3. The van der Waals surface area contributed by atoms with Crippen LogP contribution in [0.4, 0.5) is 0 Å². The molecule has 0 saturated heterocycles. The highest BCUT2D eigenvalue weighted by molar-refractivity contribution is 7.89. The number of carbonyl (C=O) groups is 2. The van der Waals surface area contributed by atoms with Crippen molar-refractivity contribution in [1.82, 2.24) is 8.87 Å². The Labute approximate surface area is 196 Å². The van der Waals surface area contributed by atoms with Crippen molar-refractivity contribution >= 4 is 43.5 Å². The van der Waals surface area contributed by atoms with Gasteiger partial charge in [-0.05, 0) is 42.5 Å². The van der Waals surface area contributed by atoms with E-state index in [1.54, 1.807) is 38.1 Å². The van der Waals surface area contributed by atoms with E-state index >= 15 is 0 Å². The number of sulfonamides is 1. The minimum atomic E-state index is -3.61. The molecule has 33 heavy (non-hydrogen) atoms. The Balaban J connectivity index is 2.01. The highest BCUT2D eigenvalue weighted by atomic mass is 32.2. The molecule has 0 unspecified atom stereocenters. The van der Waals surface area contributed by atoms with Crippen LogP contribution in [-0.4, -0.2) is 49.4 Å². The van der Waals surface area contributed by atoms with Crippen LogP contribution in [0.15, 0.2) is 65.0 Å². The summed E-state index contributed by atoms with van der Waals surface area (Å²) in [5.41, 5.74) is 1.48. The van der Waals surface area contributed by atoms with Gasteiger partial charge >= 0.3 is 5.97 Å². The quantitative estimate of drug-likeness (QED) is 0.358. The normalized spacial score (nSPS) is 12.3. The van der Waals surface area contributed by atoms with Gasteiger partial charge in [-0.3, -0.25) is 4.79 Å². The molecule has 0 atom stereocenters. The number of esters is 1. The van der Waals surface area contributed by atoms with Crippen molar-refractivity contribution in [3.05, 3.63) is 71.0 Å². The van der Waals surface area contributed by atoms with Crippen LogP contribution in [0.3, 0.4) is 0 Å². The third-order valence-electron chi connectivity index (χ3n) is 5.06. The van der Waals surface area contributed by atoms with E-state index in [4.69, 9.17) is 4.74 Å². The lowest BCUT2D eigenvalue weighted by atomic mass is 10.2. The number of hydrogen-bond donors (Lipinski definition) is 0. The minimum absolute atomic E-state index is 0.127. The molecule has 0 aliphatic carbocycles. The van der Waals surface area contributed by atoms with E-state index < -0.39 is 21.9 Å². The zero-order valence-electron chi connectivity index (χ0n) is 18.6. The van der Waals surface area contributed by atoms with Crippen molar-refractivity contribution in [2.75, 3.05) is 20.2 Å². The van der Waals surface area contributed by atoms with Crippen LogP contribution in [-0.2, 0) is 21.3 Å². The second kappa shape index (κ2) is 10.2. The van der Waals surface area contributed by atoms with Gasteiger partial charge in [0.25, 0.3) is 5.91 Å². The van der Waals surface area contributed by atoms with E-state index in [0.717, 1.165) is 10.2 Å². The predicted octanol–water partition coefficient (Wildman–Crippen LogP) is 3.45. The lowest BCUT2D eigenvalue weighted by Gasteiger charge is -2.18. The number of benzene rings is 2. The number of thiazole rings is 1. The fourth-order valence-corrected chi connectivity index (χ4v) is 5.88. The van der Waals surface area contributed by atoms with Crippen LogP contribution in [0.25, 0.3) is 10.2 Å². The number of allylic oxidation sites excluding steroid dienone is 1. The molecule has 0 N–H and O–H groups in total. The maximum Gasteiger partial charge on any atom is 0.337 e. The van der Waals surface area contributed by atoms with Gasteiger partial charge in [-0.2, -0.15) is 9.30 Å². The molecule has 3 aromatic rings. The monoisotopic (exact) mass is 487 g/mol. The SMILES string of the molecule is C=CCn1c(=NC(=O)c2ccc(S(=O)(=O)N(CC)CC)cc2)sc2cc(C(=O)OC)ccc21. The van der Waals surface area contributed by atoms with Crippen LogP contribution in [0.5, 0.6) is 0 Å². The first kappa shape index (κ1) is 24.6. The molecule has 0 aliphatic heterocycles. The number of rotatable bonds is 8. The van der Waals surface area contributed by atoms with Gasteiger partial charge in [0, 0.05) is 25.2 Å². The van der Waals surface area contributed by atoms with Gasteiger partial charge in [0.2, 0.25) is 10.0 Å². The zero-order chi connectivity index (χ0) is 24.2. The van der Waals surface area contributed by atoms with E-state index in [1.807, 2.05) is 4.57 Å². The van der Waals surface area contributed by atoms with Gasteiger partial charge < -0.3 is 9.30 Å². The molecule has 0 radical (unpaired) electrons. The Morgan fingerprint density at radius 3 is 2.33 bits per heavy atom. The summed E-state index contributed by atoms with van der Waals surface area (Å²) in [4.78, 5) is 29.5. The molecule has 3 rings (SSSR count). The van der Waals surface area contributed by atoms with E-state index in [2.05, 4.69) is 11.6 Å². The molecule has 10 heteroatoms. The third-order valence-corrected chi connectivity index (χ3v) is 8.16. The summed E-state index contributed by atoms with van der Waals surface area (Å²) in [6.45, 7) is 8.46. The van der Waals surface area contributed by atoms with Gasteiger partial charge in [0.15, 0.2) is 4.80 Å². The summed E-state index contributed by atoms with van der Waals surface area (Å²) in [5.74, 6) is -0.950. The number of methoxy groups -OCH3 is 1. The predicted molar refractivity (Wildman–Crippen MR) is 128 cm³/mol. The Morgan fingerprint density at radius 2 is 1.76 bits per heavy atom. The Bertz CT molecular complexity index is 1370. The number of carbonyl (C=O) groups excluding carboxylic acids is 2. The second-order valence-electron chi connectivity index (χ2n) is 6.99. The summed E-state index contributed by atoms with van der Waals surface area (Å²) < 4.78 is 34.0. The first-order valence-corrected chi connectivity index (χ1v) is 12.5. The number of ether oxygens (including phenoxy) is 1. The Hall–Kier alpha value is -3.08. The van der Waals surface area contributed by atoms with E-state index in [1.165, 1.54) is 47.0 Å². The molecular weight excluding hydrogens is 462 g/mol. The molecule has 1 aromatic heterocycles. The molecule has 174 valence electrons. The Kier molecular flexibility index (Phi) is 7.62. The smallest absolute Gasteiger partial charge is 0.337 e. The summed E-state index contributed by atoms with van der Waals surface area (Å²) in [5, 5.41) is 0. The van der Waals surface area contributed by atoms with Crippen LogP contribution >= 0.6 is 11.3 Å². The minimum Gasteiger partial charge on any atom is -0.465 e. The average molecular weight is 488 g/mol. The maximum absolute atomic E-state index is 12.8. The first-order valence-electron chi connectivity index (χ1n) is 10.3. The highest BCUT2D eigenvalue weighted by Gasteiger charge is 2.21. The van der Waals surface area contributed by atoms with Gasteiger partial charge in [-0.25, -0.2) is 13.2 Å². The molecule has 1 amide bonds. The van der Waals surface area contributed by atoms with Gasteiger partial charge in [0.05, 0.1) is 27.8 Å². The topological polar surface area (TPSA) is 98.0 Å². The van der Waals surface area contributed by atoms with E-state index in [0.29, 0.717) is 30.0 Å². The van der Waals surface area contributed by atoms with Crippen LogP contribution < -0.4 is 4.80 Å². The molecule has 0 bridgehead atoms. The lowest BCUT2D eigenvalue weighted by Crippen LogP contribution is -2.30. The van der Waals surface area contributed by atoms with E-state index in [-0.39, 0.29) is 10.5 Å². The molecule has 0 aliphatic rings. The van der Waals surface area contributed by atoms with Gasteiger partial charge in [-0.15, -0.1) is 6.58 Å². The average Bonchev–Trinajstić information content (AvgIpc) is 3.15. The van der Waals surface area contributed by atoms with Crippen LogP contribution in [0, 0.1) is 0 Å². The van der Waals surface area contributed by atoms with Crippen molar-refractivity contribution < 1.29 is 22.7 Å². The van der Waals surface area contributed by atoms with Crippen molar-refractivity contribution in [1.29, 1.82) is 0 Å². The third kappa shape index (κ3) is 4.97. The lowest BCUT2D eigenvalue weighted by molar-refractivity contribution is 0.0600. The van der Waals surface area contributed by atoms with Crippen LogP contribution in [0.1, 0.15) is 34.6 Å². The molecule has 0 spiro atoms. The van der Waals surface area contributed by atoms with Crippen molar-refractivity contribution in [3.8, 4) is 0 Å². The molecule has 0 fully saturated rings. The summed E-state index contributed by atoms with van der Waals surface area (Å²) in [7, 11) is -2.29. The number of hydrogen-bond acceptors (Lipinski definition) is 6. The van der Waals surface area contributed by atoms with Crippen molar-refractivity contribution in [2.45, 2.75) is 25.3 Å². The summed E-state index contributed by atoms with van der Waals surface area (Å²) in [6, 6.07) is 10.9. The van der Waals surface area contributed by atoms with Gasteiger partial charge in [0.1, 0.15) is 0 Å². The summed E-state index contributed by atoms with van der Waals surface area (Å²) >= 11 is 1.26. The van der Waals surface area contributed by atoms with Gasteiger partial charge in [-0.1, -0.05) is 31.3 Å². The highest BCUT2D eigenvalue weighted by Crippen LogP contribution is 2.21. The molecular formula is C23H25N3O5S2. The molecule has 8 nitrogen and oxygen atoms in total. The van der Waals surface area contributed by atoms with Crippen molar-refractivity contribution in [2.24, 2.45) is 4.99 Å². The van der Waals surface area contributed by atoms with Crippen molar-refractivity contribution in [3.63, 3.8) is 0 Å². The zero-order valence-corrected chi connectivity index (χ0v) is 20.3. The largest absolute Gasteiger partial charge is 0.465 e. The Morgan fingerprint density at radius 1 is 1.12 bits per heavy atom. The first-order chi connectivity index (χ1) is 15.8. The number of amides is 1. The summed E-state index contributed by atoms with van der Waals surface area (Å²) in [6.07, 6.45) is 1.69.